The van der Waals surface area contributed by atoms with Gasteiger partial charge in [-0.2, -0.15) is 18.3 Å². The molecule has 1 aliphatic carbocycles. The van der Waals surface area contributed by atoms with Crippen LogP contribution >= 0.6 is 0 Å². The van der Waals surface area contributed by atoms with Gasteiger partial charge in [-0.25, -0.2) is 9.50 Å². The number of fused-ring (bicyclic) bond motifs is 2. The van der Waals surface area contributed by atoms with Gasteiger partial charge in [0.1, 0.15) is 11.5 Å². The van der Waals surface area contributed by atoms with Crippen molar-refractivity contribution in [1.82, 2.24) is 14.6 Å². The second-order valence-electron chi connectivity index (χ2n) is 10.0. The fraction of sp³-hybridized carbons (Fsp3) is 0.167. The predicted molar refractivity (Wildman–Crippen MR) is 148 cm³/mol. The summed E-state index contributed by atoms with van der Waals surface area (Å²) < 4.78 is 48.4. The van der Waals surface area contributed by atoms with Crippen LogP contribution in [0.3, 0.4) is 0 Å². The highest BCUT2D eigenvalue weighted by Crippen LogP contribution is 2.34. The highest BCUT2D eigenvalue weighted by atomic mass is 19.4. The normalized spacial score (nSPS) is 12.8. The monoisotopic (exact) mass is 573 g/mol. The number of anilines is 1. The van der Waals surface area contributed by atoms with Crippen molar-refractivity contribution in [3.63, 3.8) is 0 Å². The van der Waals surface area contributed by atoms with Crippen molar-refractivity contribution < 1.29 is 27.6 Å². The fourth-order valence-corrected chi connectivity index (χ4v) is 4.92. The van der Waals surface area contributed by atoms with Crippen LogP contribution in [0.15, 0.2) is 72.8 Å². The van der Waals surface area contributed by atoms with E-state index in [1.807, 2.05) is 19.1 Å². The summed E-state index contributed by atoms with van der Waals surface area (Å²) in [4.78, 5) is 28.4. The Morgan fingerprint density at radius 3 is 2.48 bits per heavy atom. The number of nitrogens with zero attached hydrogens (tertiary/aromatic N) is 4. The maximum atomic E-state index is 14.0. The highest BCUT2D eigenvalue weighted by molar-refractivity contribution is 6.03. The molecule has 1 N–H and O–H groups in total. The number of alkyl halides is 3. The second kappa shape index (κ2) is 10.3. The number of nitrogens with one attached hydrogen (secondary N) is 1. The van der Waals surface area contributed by atoms with Crippen molar-refractivity contribution in [3.8, 4) is 22.8 Å². The van der Waals surface area contributed by atoms with Crippen molar-refractivity contribution in [2.24, 2.45) is 0 Å². The summed E-state index contributed by atoms with van der Waals surface area (Å²) in [5, 5.41) is 17.9. The lowest BCUT2D eigenvalue weighted by Crippen LogP contribution is -2.16. The van der Waals surface area contributed by atoms with Gasteiger partial charge in [-0.05, 0) is 55.5 Å². The topological polar surface area (TPSA) is 112 Å². The number of halogens is 3. The molecule has 1 aliphatic rings. The molecule has 6 rings (SSSR count). The zero-order chi connectivity index (χ0) is 29.6. The third-order valence-electron chi connectivity index (χ3n) is 6.96. The molecule has 212 valence electrons. The molecule has 0 saturated carbocycles. The SMILES string of the molecule is Cc1ccc(-c2cc(C(F)(F)F)n3nc(C(=O)Nc4cc(Oc5ccc6c(c5)CCC6)cc([N+](=O)[O-])c4)cc3n2)cc1. The van der Waals surface area contributed by atoms with Crippen LogP contribution in [0.25, 0.3) is 16.9 Å². The van der Waals surface area contributed by atoms with Crippen molar-refractivity contribution in [1.29, 1.82) is 0 Å². The lowest BCUT2D eigenvalue weighted by atomic mass is 10.1. The number of nitro benzene ring substituents is 1. The molecule has 3 aromatic carbocycles. The second-order valence-corrected chi connectivity index (χ2v) is 10.0. The number of aromatic nitrogens is 3. The fourth-order valence-electron chi connectivity index (χ4n) is 4.92. The van der Waals surface area contributed by atoms with Gasteiger partial charge in [0.15, 0.2) is 17.0 Å². The van der Waals surface area contributed by atoms with Crippen LogP contribution in [0.5, 0.6) is 11.5 Å². The lowest BCUT2D eigenvalue weighted by Gasteiger charge is -2.11. The quantitative estimate of drug-likeness (QED) is 0.170. The molecule has 0 saturated heterocycles. The Morgan fingerprint density at radius 2 is 1.74 bits per heavy atom. The summed E-state index contributed by atoms with van der Waals surface area (Å²) in [5.41, 5.74) is 1.85. The number of amides is 1. The van der Waals surface area contributed by atoms with Crippen molar-refractivity contribution in [2.45, 2.75) is 32.4 Å². The van der Waals surface area contributed by atoms with Crippen LogP contribution < -0.4 is 10.1 Å². The van der Waals surface area contributed by atoms with E-state index < -0.39 is 22.7 Å². The molecule has 9 nitrogen and oxygen atoms in total. The molecule has 1 amide bonds. The number of hydrogen-bond acceptors (Lipinski definition) is 6. The summed E-state index contributed by atoms with van der Waals surface area (Å²) in [6.45, 7) is 1.85. The molecule has 5 aromatic rings. The number of carbonyl (C=O) groups is 1. The van der Waals surface area contributed by atoms with E-state index in [0.29, 0.717) is 15.8 Å². The van der Waals surface area contributed by atoms with E-state index in [1.54, 1.807) is 30.3 Å². The first kappa shape index (κ1) is 26.9. The number of ether oxygens (including phenoxy) is 1. The maximum absolute atomic E-state index is 14.0. The summed E-state index contributed by atoms with van der Waals surface area (Å²) >= 11 is 0. The largest absolute Gasteiger partial charge is 0.457 e. The highest BCUT2D eigenvalue weighted by Gasteiger charge is 2.35. The maximum Gasteiger partial charge on any atom is 0.433 e. The van der Waals surface area contributed by atoms with E-state index in [-0.39, 0.29) is 34.2 Å². The summed E-state index contributed by atoms with van der Waals surface area (Å²) in [6, 6.07) is 18.2. The minimum Gasteiger partial charge on any atom is -0.457 e. The van der Waals surface area contributed by atoms with E-state index in [9.17, 15) is 28.1 Å². The Morgan fingerprint density at radius 1 is 0.976 bits per heavy atom. The first-order chi connectivity index (χ1) is 20.0. The zero-order valence-electron chi connectivity index (χ0n) is 22.1. The van der Waals surface area contributed by atoms with Gasteiger partial charge in [0.2, 0.25) is 0 Å². The van der Waals surface area contributed by atoms with Crippen LogP contribution in [0, 0.1) is 17.0 Å². The molecule has 0 unspecified atom stereocenters. The summed E-state index contributed by atoms with van der Waals surface area (Å²) in [7, 11) is 0. The standard InChI is InChI=1S/C30H22F3N5O4/c1-17-5-7-19(8-6-17)25-15-27(30(31,32)33)37-28(35-25)16-26(36-37)29(39)34-21-12-22(38(40)41)14-24(13-21)42-23-10-9-18-3-2-4-20(18)11-23/h5-16H,2-4H2,1H3,(H,34,39). The third kappa shape index (κ3) is 5.38. The molecule has 0 radical (unpaired) electrons. The molecular weight excluding hydrogens is 551 g/mol. The Labute approximate surface area is 236 Å². The van der Waals surface area contributed by atoms with Crippen LogP contribution in [-0.2, 0) is 19.0 Å². The molecule has 2 heterocycles. The van der Waals surface area contributed by atoms with Gasteiger partial charge in [0.05, 0.1) is 22.4 Å². The molecule has 12 heteroatoms. The van der Waals surface area contributed by atoms with Crippen LogP contribution in [0.2, 0.25) is 0 Å². The molecule has 0 aliphatic heterocycles. The van der Waals surface area contributed by atoms with Gasteiger partial charge in [-0.3, -0.25) is 14.9 Å². The van der Waals surface area contributed by atoms with Crippen LogP contribution in [-0.4, -0.2) is 25.4 Å². The van der Waals surface area contributed by atoms with Gasteiger partial charge >= 0.3 is 6.18 Å². The molecule has 2 aromatic heterocycles. The van der Waals surface area contributed by atoms with Crippen LogP contribution in [0.1, 0.15) is 39.3 Å². The summed E-state index contributed by atoms with van der Waals surface area (Å²) in [5.74, 6) is -0.283. The molecule has 42 heavy (non-hydrogen) atoms. The smallest absolute Gasteiger partial charge is 0.433 e. The van der Waals surface area contributed by atoms with E-state index in [0.717, 1.165) is 48.6 Å². The van der Waals surface area contributed by atoms with Gasteiger partial charge < -0.3 is 10.1 Å². The molecular formula is C30H22F3N5O4. The van der Waals surface area contributed by atoms with E-state index in [1.165, 1.54) is 17.7 Å². The van der Waals surface area contributed by atoms with Gasteiger partial charge in [-0.1, -0.05) is 35.9 Å². The number of carbonyl (C=O) groups excluding carboxylic acids is 1. The Bertz CT molecular complexity index is 1870. The number of nitro groups is 1. The number of non-ortho nitro benzene ring substituents is 1. The predicted octanol–water partition coefficient (Wildman–Crippen LogP) is 7.17. The third-order valence-corrected chi connectivity index (χ3v) is 6.96. The molecule has 0 bridgehead atoms. The first-order valence-corrected chi connectivity index (χ1v) is 13.0. The molecule has 0 spiro atoms. The average molecular weight is 574 g/mol. The van der Waals surface area contributed by atoms with Crippen molar-refractivity contribution >= 4 is 22.9 Å². The van der Waals surface area contributed by atoms with Crippen LogP contribution in [0.4, 0.5) is 24.5 Å². The first-order valence-electron chi connectivity index (χ1n) is 13.0. The Kier molecular flexibility index (Phi) is 6.60. The number of benzene rings is 3. The van der Waals surface area contributed by atoms with Gasteiger partial charge in [0.25, 0.3) is 11.6 Å². The van der Waals surface area contributed by atoms with E-state index in [4.69, 9.17) is 4.74 Å². The number of hydrogen-bond donors (Lipinski definition) is 1. The van der Waals surface area contributed by atoms with E-state index in [2.05, 4.69) is 15.4 Å². The zero-order valence-corrected chi connectivity index (χ0v) is 22.1. The Hall–Kier alpha value is -5.26. The minimum absolute atomic E-state index is 0.00626. The summed E-state index contributed by atoms with van der Waals surface area (Å²) in [6.07, 6.45) is -1.84. The average Bonchev–Trinajstić information content (AvgIpc) is 3.59. The number of aryl methyl sites for hydroxylation is 3. The number of rotatable bonds is 6. The van der Waals surface area contributed by atoms with Gasteiger partial charge in [-0.15, -0.1) is 0 Å². The van der Waals surface area contributed by atoms with Crippen molar-refractivity contribution in [2.75, 3.05) is 5.32 Å². The Balaban J connectivity index is 1.32. The van der Waals surface area contributed by atoms with E-state index >= 15 is 0 Å². The lowest BCUT2D eigenvalue weighted by molar-refractivity contribution is -0.384. The minimum atomic E-state index is -4.79. The van der Waals surface area contributed by atoms with Crippen molar-refractivity contribution in [3.05, 3.63) is 111 Å². The van der Waals surface area contributed by atoms with Gasteiger partial charge in [0, 0.05) is 23.8 Å². The molecule has 0 fully saturated rings. The molecule has 0 atom stereocenters.